The summed E-state index contributed by atoms with van der Waals surface area (Å²) in [6.07, 6.45) is 3.99. The summed E-state index contributed by atoms with van der Waals surface area (Å²) in [6, 6.07) is 5.06. The lowest BCUT2D eigenvalue weighted by Crippen LogP contribution is -2.36. The molecule has 1 fully saturated rings. The molecular weight excluding hydrogens is 304 g/mol. The molecule has 120 valence electrons. The Labute approximate surface area is 130 Å². The molecule has 1 aliphatic heterocycles. The first-order chi connectivity index (χ1) is 10.4. The first kappa shape index (κ1) is 16.6. The van der Waals surface area contributed by atoms with Crippen LogP contribution in [-0.4, -0.2) is 43.6 Å². The Balaban J connectivity index is 1.93. The molecule has 0 aromatic heterocycles. The predicted molar refractivity (Wildman–Crippen MR) is 84.5 cm³/mol. The fourth-order valence-electron chi connectivity index (χ4n) is 2.55. The van der Waals surface area contributed by atoms with Crippen LogP contribution in [0.5, 0.6) is 0 Å². The Morgan fingerprint density at radius 2 is 1.86 bits per heavy atom. The number of hydrogen-bond donors (Lipinski definition) is 0. The fourth-order valence-corrected chi connectivity index (χ4v) is 3.84. The summed E-state index contributed by atoms with van der Waals surface area (Å²) in [5.41, 5.74) is -0.106. The maximum Gasteiger partial charge on any atom is 0.269 e. The highest BCUT2D eigenvalue weighted by Crippen LogP contribution is 2.19. The number of nitrogens with zero attached hydrogens (tertiary/aromatic N) is 2. The van der Waals surface area contributed by atoms with Gasteiger partial charge >= 0.3 is 0 Å². The summed E-state index contributed by atoms with van der Waals surface area (Å²) in [7, 11) is -3.41. The minimum Gasteiger partial charge on any atom is -0.302 e. The van der Waals surface area contributed by atoms with Gasteiger partial charge in [-0.1, -0.05) is 6.08 Å². The second kappa shape index (κ2) is 7.02. The summed E-state index contributed by atoms with van der Waals surface area (Å²) in [5.74, 6) is 0.561. The molecule has 0 radical (unpaired) electrons. The van der Waals surface area contributed by atoms with Gasteiger partial charge in [-0.15, -0.1) is 6.58 Å². The van der Waals surface area contributed by atoms with Crippen molar-refractivity contribution in [1.29, 1.82) is 0 Å². The SMILES string of the molecule is C=CC1CCN(CCS(=O)(=O)c2ccc([N+](=O)[O-])cc2)CC1. The van der Waals surface area contributed by atoms with E-state index in [4.69, 9.17) is 0 Å². The third-order valence-electron chi connectivity index (χ3n) is 4.05. The Kier molecular flexibility index (Phi) is 5.31. The smallest absolute Gasteiger partial charge is 0.269 e. The summed E-state index contributed by atoms with van der Waals surface area (Å²) in [4.78, 5) is 12.3. The van der Waals surface area contributed by atoms with Gasteiger partial charge in [0.15, 0.2) is 9.84 Å². The molecule has 0 aliphatic carbocycles. The highest BCUT2D eigenvalue weighted by molar-refractivity contribution is 7.91. The van der Waals surface area contributed by atoms with E-state index in [1.54, 1.807) is 0 Å². The quantitative estimate of drug-likeness (QED) is 0.455. The Hall–Kier alpha value is -1.73. The van der Waals surface area contributed by atoms with Crippen LogP contribution in [0.1, 0.15) is 12.8 Å². The van der Waals surface area contributed by atoms with Crippen molar-refractivity contribution in [2.45, 2.75) is 17.7 Å². The van der Waals surface area contributed by atoms with Gasteiger partial charge in [0.05, 0.1) is 15.6 Å². The molecule has 1 aromatic rings. The Morgan fingerprint density at radius 3 is 2.36 bits per heavy atom. The van der Waals surface area contributed by atoms with Crippen molar-refractivity contribution in [3.05, 3.63) is 47.0 Å². The van der Waals surface area contributed by atoms with Gasteiger partial charge in [-0.25, -0.2) is 8.42 Å². The minimum atomic E-state index is -3.41. The second-order valence-corrected chi connectivity index (χ2v) is 7.59. The molecule has 0 amide bonds. The third kappa shape index (κ3) is 4.14. The van der Waals surface area contributed by atoms with E-state index in [0.29, 0.717) is 12.5 Å². The zero-order chi connectivity index (χ0) is 16.2. The molecule has 0 spiro atoms. The average Bonchev–Trinajstić information content (AvgIpc) is 2.53. The molecule has 1 heterocycles. The van der Waals surface area contributed by atoms with Crippen LogP contribution in [0.25, 0.3) is 0 Å². The van der Waals surface area contributed by atoms with Crippen molar-refractivity contribution >= 4 is 15.5 Å². The number of hydrogen-bond acceptors (Lipinski definition) is 5. The Bertz CT molecular complexity index is 632. The first-order valence-electron chi connectivity index (χ1n) is 7.24. The molecule has 7 heteroatoms. The molecule has 2 rings (SSSR count). The van der Waals surface area contributed by atoms with Crippen LogP contribution >= 0.6 is 0 Å². The van der Waals surface area contributed by atoms with Gasteiger partial charge < -0.3 is 4.90 Å². The van der Waals surface area contributed by atoms with E-state index in [1.807, 2.05) is 6.08 Å². The molecule has 0 N–H and O–H groups in total. The molecule has 0 atom stereocenters. The monoisotopic (exact) mass is 324 g/mol. The fraction of sp³-hybridized carbons (Fsp3) is 0.467. The summed E-state index contributed by atoms with van der Waals surface area (Å²) in [5, 5.41) is 10.6. The summed E-state index contributed by atoms with van der Waals surface area (Å²) >= 11 is 0. The van der Waals surface area contributed by atoms with Crippen LogP contribution in [0.4, 0.5) is 5.69 Å². The number of piperidine rings is 1. The van der Waals surface area contributed by atoms with Crippen LogP contribution in [0.3, 0.4) is 0 Å². The number of nitro groups is 1. The number of likely N-dealkylation sites (tertiary alicyclic amines) is 1. The van der Waals surface area contributed by atoms with Crippen molar-refractivity contribution < 1.29 is 13.3 Å². The van der Waals surface area contributed by atoms with E-state index in [-0.39, 0.29) is 16.3 Å². The zero-order valence-corrected chi connectivity index (χ0v) is 13.2. The van der Waals surface area contributed by atoms with Crippen molar-refractivity contribution in [3.63, 3.8) is 0 Å². The van der Waals surface area contributed by atoms with Crippen LogP contribution in [0, 0.1) is 16.0 Å². The second-order valence-electron chi connectivity index (χ2n) is 5.48. The molecule has 22 heavy (non-hydrogen) atoms. The van der Waals surface area contributed by atoms with Crippen molar-refractivity contribution in [1.82, 2.24) is 4.90 Å². The maximum absolute atomic E-state index is 12.3. The topological polar surface area (TPSA) is 80.5 Å². The van der Waals surface area contributed by atoms with Gasteiger partial charge in [-0.05, 0) is 44.0 Å². The predicted octanol–water partition coefficient (Wildman–Crippen LogP) is 2.27. The Morgan fingerprint density at radius 1 is 1.27 bits per heavy atom. The average molecular weight is 324 g/mol. The van der Waals surface area contributed by atoms with Crippen molar-refractivity contribution in [2.75, 3.05) is 25.4 Å². The summed E-state index contributed by atoms with van der Waals surface area (Å²) in [6.45, 7) is 6.04. The van der Waals surface area contributed by atoms with Gasteiger partial charge in [0.25, 0.3) is 5.69 Å². The highest BCUT2D eigenvalue weighted by Gasteiger charge is 2.21. The van der Waals surface area contributed by atoms with Gasteiger partial charge in [0, 0.05) is 18.7 Å². The van der Waals surface area contributed by atoms with E-state index in [2.05, 4.69) is 11.5 Å². The van der Waals surface area contributed by atoms with E-state index in [9.17, 15) is 18.5 Å². The molecule has 0 bridgehead atoms. The molecule has 0 unspecified atom stereocenters. The third-order valence-corrected chi connectivity index (χ3v) is 5.76. The van der Waals surface area contributed by atoms with Crippen molar-refractivity contribution in [3.8, 4) is 0 Å². The first-order valence-corrected chi connectivity index (χ1v) is 8.90. The van der Waals surface area contributed by atoms with Crippen LogP contribution in [0.2, 0.25) is 0 Å². The molecule has 6 nitrogen and oxygen atoms in total. The minimum absolute atomic E-state index is 0.0313. The molecular formula is C15H20N2O4S. The number of nitro benzene ring substituents is 1. The van der Waals surface area contributed by atoms with Gasteiger partial charge in [0.1, 0.15) is 0 Å². The molecule has 1 aliphatic rings. The largest absolute Gasteiger partial charge is 0.302 e. The standard InChI is InChI=1S/C15H20N2O4S/c1-2-13-7-9-16(10-8-13)11-12-22(20,21)15-5-3-14(4-6-15)17(18)19/h2-6,13H,1,7-12H2. The summed E-state index contributed by atoms with van der Waals surface area (Å²) < 4.78 is 24.5. The lowest BCUT2D eigenvalue weighted by atomic mass is 9.97. The maximum atomic E-state index is 12.3. The number of allylic oxidation sites excluding steroid dienone is 1. The van der Waals surface area contributed by atoms with Gasteiger partial charge in [0.2, 0.25) is 0 Å². The van der Waals surface area contributed by atoms with E-state index in [1.165, 1.54) is 24.3 Å². The van der Waals surface area contributed by atoms with E-state index >= 15 is 0 Å². The van der Waals surface area contributed by atoms with Crippen LogP contribution in [0.15, 0.2) is 41.8 Å². The van der Waals surface area contributed by atoms with Crippen molar-refractivity contribution in [2.24, 2.45) is 5.92 Å². The number of non-ortho nitro benzene ring substituents is 1. The van der Waals surface area contributed by atoms with E-state index in [0.717, 1.165) is 25.9 Å². The zero-order valence-electron chi connectivity index (χ0n) is 12.3. The normalized spacial score (nSPS) is 17.3. The van der Waals surface area contributed by atoms with Crippen LogP contribution < -0.4 is 0 Å². The van der Waals surface area contributed by atoms with Crippen LogP contribution in [-0.2, 0) is 9.84 Å². The van der Waals surface area contributed by atoms with Gasteiger partial charge in [-0.2, -0.15) is 0 Å². The lowest BCUT2D eigenvalue weighted by Gasteiger charge is -2.30. The number of rotatable bonds is 6. The van der Waals surface area contributed by atoms with E-state index < -0.39 is 14.8 Å². The lowest BCUT2D eigenvalue weighted by molar-refractivity contribution is -0.384. The number of benzene rings is 1. The molecule has 0 saturated carbocycles. The molecule has 1 aromatic carbocycles. The number of sulfone groups is 1. The highest BCUT2D eigenvalue weighted by atomic mass is 32.2. The molecule has 1 saturated heterocycles. The van der Waals surface area contributed by atoms with Gasteiger partial charge in [-0.3, -0.25) is 10.1 Å².